The van der Waals surface area contributed by atoms with Gasteiger partial charge >= 0.3 is 12.0 Å². The molecule has 0 aliphatic carbocycles. The Morgan fingerprint density at radius 3 is 2.23 bits per heavy atom. The number of aliphatic carboxylic acids is 1. The molecule has 5 atom stereocenters. The molecule has 1 aliphatic heterocycles. The molecule has 15 nitrogen and oxygen atoms in total. The molecule has 1 fully saturated rings. The van der Waals surface area contributed by atoms with Crippen molar-refractivity contribution in [2.75, 3.05) is 17.2 Å². The number of carboxylic acids is 1. The van der Waals surface area contributed by atoms with Crippen molar-refractivity contribution >= 4 is 59.0 Å². The van der Waals surface area contributed by atoms with E-state index in [1.807, 2.05) is 39.0 Å². The Bertz CT molecular complexity index is 1660. The molecule has 0 aromatic heterocycles. The number of hydrogen-bond donors (Lipinski definition) is 7. The number of para-hydroxylation sites is 1. The van der Waals surface area contributed by atoms with Crippen LogP contribution in [0.15, 0.2) is 54.6 Å². The van der Waals surface area contributed by atoms with E-state index in [9.17, 15) is 38.7 Å². The van der Waals surface area contributed by atoms with Crippen LogP contribution in [0.5, 0.6) is 0 Å². The van der Waals surface area contributed by atoms with Crippen molar-refractivity contribution in [3.05, 3.63) is 65.7 Å². The van der Waals surface area contributed by atoms with Gasteiger partial charge in [0.15, 0.2) is 0 Å². The largest absolute Gasteiger partial charge is 0.481 e. The lowest BCUT2D eigenvalue weighted by molar-refractivity contribution is -0.144. The maximum Gasteiger partial charge on any atom is 0.323 e. The number of unbranched alkanes of at least 4 members (excludes halogenated alkanes) is 1. The van der Waals surface area contributed by atoms with Gasteiger partial charge in [-0.15, -0.1) is 0 Å². The van der Waals surface area contributed by atoms with E-state index in [-0.39, 0.29) is 18.9 Å². The van der Waals surface area contributed by atoms with Gasteiger partial charge in [-0.2, -0.15) is 0 Å². The van der Waals surface area contributed by atoms with Gasteiger partial charge in [0.25, 0.3) is 0 Å². The zero-order valence-corrected chi connectivity index (χ0v) is 30.6. The number of anilines is 2. The fraction of sp³-hybridized carbons (Fsp3) is 0.447. The summed E-state index contributed by atoms with van der Waals surface area (Å²) in [5.74, 6) is -5.17. The summed E-state index contributed by atoms with van der Waals surface area (Å²) in [7, 11) is 0. The van der Waals surface area contributed by atoms with Gasteiger partial charge in [0.2, 0.25) is 29.5 Å². The van der Waals surface area contributed by atoms with Gasteiger partial charge in [0.05, 0.1) is 6.42 Å². The first-order valence-electron chi connectivity index (χ1n) is 17.9. The summed E-state index contributed by atoms with van der Waals surface area (Å²) >= 11 is 0. The van der Waals surface area contributed by atoms with Gasteiger partial charge in [-0.25, -0.2) is 4.79 Å². The highest BCUT2D eigenvalue weighted by atomic mass is 16.4. The summed E-state index contributed by atoms with van der Waals surface area (Å²) in [4.78, 5) is 90.9. The van der Waals surface area contributed by atoms with Crippen LogP contribution >= 0.6 is 0 Å². The number of carbonyl (C=O) groups is 7. The second-order valence-corrected chi connectivity index (χ2v) is 13.2. The minimum atomic E-state index is -1.56. The highest BCUT2D eigenvalue weighted by molar-refractivity contribution is 6.01. The number of aryl methyl sites for hydroxylation is 1. The van der Waals surface area contributed by atoms with E-state index < -0.39 is 72.1 Å². The van der Waals surface area contributed by atoms with E-state index in [0.29, 0.717) is 49.0 Å². The van der Waals surface area contributed by atoms with Crippen LogP contribution in [-0.2, 0) is 28.8 Å². The molecule has 7 amide bonds. The lowest BCUT2D eigenvalue weighted by Crippen LogP contribution is -2.59. The molecule has 0 saturated carbocycles. The van der Waals surface area contributed by atoms with Crippen LogP contribution in [-0.4, -0.2) is 82.3 Å². The minimum Gasteiger partial charge on any atom is -0.481 e. The lowest BCUT2D eigenvalue weighted by Gasteiger charge is -2.32. The molecule has 0 radical (unpaired) electrons. The predicted octanol–water partition coefficient (Wildman–Crippen LogP) is 3.29. The molecular weight excluding hydrogens is 682 g/mol. The highest BCUT2D eigenvalue weighted by Crippen LogP contribution is 2.21. The van der Waals surface area contributed by atoms with Crippen LogP contribution in [0.1, 0.15) is 76.8 Å². The summed E-state index contributed by atoms with van der Waals surface area (Å²) < 4.78 is 0. The number of rotatable bonds is 18. The van der Waals surface area contributed by atoms with Gasteiger partial charge in [-0.05, 0) is 67.5 Å². The average molecular weight is 734 g/mol. The summed E-state index contributed by atoms with van der Waals surface area (Å²) in [6, 6.07) is 9.12. The Morgan fingerprint density at radius 1 is 0.925 bits per heavy atom. The molecule has 1 heterocycles. The number of primary amides is 1. The molecule has 286 valence electrons. The van der Waals surface area contributed by atoms with Crippen molar-refractivity contribution in [1.82, 2.24) is 20.9 Å². The Labute approximate surface area is 309 Å². The zero-order chi connectivity index (χ0) is 39.1. The van der Waals surface area contributed by atoms with Crippen molar-refractivity contribution in [1.29, 1.82) is 0 Å². The maximum atomic E-state index is 13.5. The second kappa shape index (κ2) is 20.3. The van der Waals surface area contributed by atoms with E-state index in [1.54, 1.807) is 37.3 Å². The molecular formula is C38H51N7O8. The highest BCUT2D eigenvalue weighted by Gasteiger charge is 2.39. The van der Waals surface area contributed by atoms with Crippen molar-refractivity contribution in [3.63, 3.8) is 0 Å². The van der Waals surface area contributed by atoms with Crippen LogP contribution in [0.4, 0.5) is 16.2 Å². The third-order valence-corrected chi connectivity index (χ3v) is 9.12. The van der Waals surface area contributed by atoms with Crippen LogP contribution < -0.4 is 32.3 Å². The topological polar surface area (TPSA) is 229 Å². The first-order chi connectivity index (χ1) is 25.2. The van der Waals surface area contributed by atoms with Crippen molar-refractivity contribution < 1.29 is 38.7 Å². The summed E-state index contributed by atoms with van der Waals surface area (Å²) in [5, 5.41) is 22.8. The zero-order valence-electron chi connectivity index (χ0n) is 30.6. The number of carboxylic acid groups (broad SMARTS) is 1. The Hall–Kier alpha value is -5.73. The number of amides is 7. The summed E-state index contributed by atoms with van der Waals surface area (Å²) in [6.07, 6.45) is 4.89. The van der Waals surface area contributed by atoms with Crippen molar-refractivity contribution in [3.8, 4) is 0 Å². The average Bonchev–Trinajstić information content (AvgIpc) is 3.62. The van der Waals surface area contributed by atoms with Crippen molar-refractivity contribution in [2.24, 2.45) is 11.7 Å². The number of nitrogens with two attached hydrogens (primary N) is 1. The Balaban J connectivity index is 1.66. The van der Waals surface area contributed by atoms with Crippen LogP contribution in [0.3, 0.4) is 0 Å². The number of urea groups is 1. The fourth-order valence-electron chi connectivity index (χ4n) is 5.84. The third-order valence-electron chi connectivity index (χ3n) is 9.12. The quantitative estimate of drug-likeness (QED) is 0.112. The van der Waals surface area contributed by atoms with Gasteiger partial charge in [-0.1, -0.05) is 70.4 Å². The molecule has 8 N–H and O–H groups in total. The smallest absolute Gasteiger partial charge is 0.323 e. The van der Waals surface area contributed by atoms with E-state index in [1.165, 1.54) is 17.1 Å². The van der Waals surface area contributed by atoms with Gasteiger partial charge in [-0.3, -0.25) is 28.8 Å². The SMILES string of the molecule is CCCC[C@H](NC(=O)/C=C/c1ccc(NC(=O)Nc2ccccc2C)cc1)C(=O)N[C@@H](CC(=O)O)C(=O)N[C@H](C(=O)N1CCC[C@H]1C(N)=O)C(C)CC. The Kier molecular flexibility index (Phi) is 16.0. The molecule has 15 heteroatoms. The minimum absolute atomic E-state index is 0.214. The first kappa shape index (κ1) is 41.7. The number of nitrogens with zero attached hydrogens (tertiary/aromatic N) is 1. The number of likely N-dealkylation sites (tertiary alicyclic amines) is 1. The molecule has 1 aliphatic rings. The maximum absolute atomic E-state index is 13.5. The fourth-order valence-corrected chi connectivity index (χ4v) is 5.84. The number of benzene rings is 2. The van der Waals surface area contributed by atoms with Crippen LogP contribution in [0.25, 0.3) is 6.08 Å². The third kappa shape index (κ3) is 12.8. The molecule has 0 bridgehead atoms. The Morgan fingerprint density at radius 2 is 1.60 bits per heavy atom. The number of hydrogen-bond acceptors (Lipinski definition) is 7. The molecule has 2 aromatic carbocycles. The van der Waals surface area contributed by atoms with E-state index in [0.717, 1.165) is 5.56 Å². The van der Waals surface area contributed by atoms with Crippen molar-refractivity contribution in [2.45, 2.75) is 96.8 Å². The molecule has 1 unspecified atom stereocenters. The monoisotopic (exact) mass is 733 g/mol. The van der Waals surface area contributed by atoms with Gasteiger partial charge in [0, 0.05) is 24.0 Å². The summed E-state index contributed by atoms with van der Waals surface area (Å²) in [5.41, 5.74) is 8.27. The van der Waals surface area contributed by atoms with Crippen LogP contribution in [0, 0.1) is 12.8 Å². The predicted molar refractivity (Wildman–Crippen MR) is 200 cm³/mol. The summed E-state index contributed by atoms with van der Waals surface area (Å²) in [6.45, 7) is 7.63. The number of carbonyl (C=O) groups excluding carboxylic acids is 6. The normalized spacial score (nSPS) is 16.2. The van der Waals surface area contributed by atoms with Gasteiger partial charge < -0.3 is 42.3 Å². The lowest BCUT2D eigenvalue weighted by atomic mass is 9.96. The molecule has 1 saturated heterocycles. The van der Waals surface area contributed by atoms with E-state index >= 15 is 0 Å². The molecule has 0 spiro atoms. The molecule has 53 heavy (non-hydrogen) atoms. The van der Waals surface area contributed by atoms with E-state index in [4.69, 9.17) is 5.73 Å². The van der Waals surface area contributed by atoms with E-state index in [2.05, 4.69) is 26.6 Å². The second-order valence-electron chi connectivity index (χ2n) is 13.2. The molecule has 3 rings (SSSR count). The molecule has 2 aromatic rings. The number of nitrogens with one attached hydrogen (secondary N) is 5. The standard InChI is InChI=1S/C38H51N7O8/c1-5-7-12-28(41-31(46)20-17-25-15-18-26(19-16-25)40-38(53)43-27-13-9-8-11-24(27)4)35(50)42-29(22-32(47)48)36(51)44-33(23(3)6-2)37(52)45-21-10-14-30(45)34(39)49/h8-9,11,13,15-20,23,28-30,33H,5-7,10,12,14,21-22H2,1-4H3,(H2,39,49)(H,41,46)(H,42,50)(H,44,51)(H,47,48)(H2,40,43,53)/b20-17+/t23?,28-,29-,30-,33-/m0/s1. The van der Waals surface area contributed by atoms with Gasteiger partial charge in [0.1, 0.15) is 24.2 Å². The van der Waals surface area contributed by atoms with Crippen LogP contribution in [0.2, 0.25) is 0 Å². The first-order valence-corrected chi connectivity index (χ1v) is 17.9.